The molecule has 1 aliphatic heterocycles. The van der Waals surface area contributed by atoms with Crippen LogP contribution in [-0.2, 0) is 9.47 Å². The zero-order valence-corrected chi connectivity index (χ0v) is 12.1. The number of nitrogens with two attached hydrogens (primary N) is 1. The first-order chi connectivity index (χ1) is 9.60. The SMILES string of the molecule is COC1CN(C(=O)c2ccc(NN)cc2C)CC1OC. The molecule has 2 unspecified atom stereocenters. The molecule has 6 heteroatoms. The van der Waals surface area contributed by atoms with Gasteiger partial charge in [0.15, 0.2) is 0 Å². The van der Waals surface area contributed by atoms with E-state index in [0.29, 0.717) is 18.7 Å². The van der Waals surface area contributed by atoms with E-state index in [1.165, 1.54) is 0 Å². The average Bonchev–Trinajstić information content (AvgIpc) is 2.89. The number of anilines is 1. The lowest BCUT2D eigenvalue weighted by atomic mass is 10.1. The number of aryl methyl sites for hydroxylation is 1. The molecule has 1 fully saturated rings. The van der Waals surface area contributed by atoms with Gasteiger partial charge in [-0.25, -0.2) is 0 Å². The van der Waals surface area contributed by atoms with Crippen LogP contribution in [0.3, 0.4) is 0 Å². The first-order valence-corrected chi connectivity index (χ1v) is 6.52. The van der Waals surface area contributed by atoms with Crippen molar-refractivity contribution in [2.24, 2.45) is 5.84 Å². The van der Waals surface area contributed by atoms with E-state index in [1.807, 2.05) is 13.0 Å². The van der Waals surface area contributed by atoms with Crippen LogP contribution in [0.5, 0.6) is 0 Å². The van der Waals surface area contributed by atoms with E-state index in [0.717, 1.165) is 11.3 Å². The molecule has 1 amide bonds. The summed E-state index contributed by atoms with van der Waals surface area (Å²) in [6, 6.07) is 5.43. The second-order valence-corrected chi connectivity index (χ2v) is 4.93. The number of methoxy groups -OCH3 is 2. The van der Waals surface area contributed by atoms with Gasteiger partial charge in [-0.3, -0.25) is 10.6 Å². The Labute approximate surface area is 118 Å². The molecule has 0 bridgehead atoms. The van der Waals surface area contributed by atoms with Crippen LogP contribution in [0.2, 0.25) is 0 Å². The minimum Gasteiger partial charge on any atom is -0.377 e. The number of ether oxygens (including phenoxy) is 2. The first-order valence-electron chi connectivity index (χ1n) is 6.52. The van der Waals surface area contributed by atoms with Gasteiger partial charge in [0.2, 0.25) is 0 Å². The number of rotatable bonds is 4. The summed E-state index contributed by atoms with van der Waals surface area (Å²) >= 11 is 0. The zero-order valence-electron chi connectivity index (χ0n) is 12.1. The summed E-state index contributed by atoms with van der Waals surface area (Å²) in [4.78, 5) is 14.3. The van der Waals surface area contributed by atoms with E-state index in [2.05, 4.69) is 5.43 Å². The highest BCUT2D eigenvalue weighted by Gasteiger charge is 2.36. The summed E-state index contributed by atoms with van der Waals surface area (Å²) in [5.74, 6) is 5.35. The van der Waals surface area contributed by atoms with Gasteiger partial charge in [-0.2, -0.15) is 0 Å². The number of hydrogen-bond acceptors (Lipinski definition) is 5. The van der Waals surface area contributed by atoms with E-state index in [1.54, 1.807) is 31.3 Å². The van der Waals surface area contributed by atoms with Crippen LogP contribution >= 0.6 is 0 Å². The number of nitrogens with one attached hydrogen (secondary N) is 1. The van der Waals surface area contributed by atoms with Gasteiger partial charge in [-0.05, 0) is 30.7 Å². The van der Waals surface area contributed by atoms with E-state index < -0.39 is 0 Å². The van der Waals surface area contributed by atoms with Gasteiger partial charge in [0.25, 0.3) is 5.91 Å². The predicted molar refractivity (Wildman–Crippen MR) is 76.5 cm³/mol. The maximum Gasteiger partial charge on any atom is 0.254 e. The molecule has 1 aromatic rings. The van der Waals surface area contributed by atoms with Crippen molar-refractivity contribution in [3.63, 3.8) is 0 Å². The van der Waals surface area contributed by atoms with Crippen LogP contribution < -0.4 is 11.3 Å². The molecule has 0 saturated carbocycles. The molecule has 6 nitrogen and oxygen atoms in total. The van der Waals surface area contributed by atoms with Gasteiger partial charge in [0, 0.05) is 38.6 Å². The Morgan fingerprint density at radius 1 is 1.30 bits per heavy atom. The lowest BCUT2D eigenvalue weighted by Gasteiger charge is -2.17. The van der Waals surface area contributed by atoms with E-state index >= 15 is 0 Å². The third kappa shape index (κ3) is 2.77. The van der Waals surface area contributed by atoms with E-state index in [9.17, 15) is 4.79 Å². The van der Waals surface area contributed by atoms with Crippen molar-refractivity contribution in [3.05, 3.63) is 29.3 Å². The van der Waals surface area contributed by atoms with Crippen LogP contribution in [0, 0.1) is 6.92 Å². The van der Waals surface area contributed by atoms with Crippen LogP contribution in [0.4, 0.5) is 5.69 Å². The fraction of sp³-hybridized carbons (Fsp3) is 0.500. The second kappa shape index (κ2) is 6.21. The normalized spacial score (nSPS) is 22.1. The molecule has 2 rings (SSSR count). The van der Waals surface area contributed by atoms with E-state index in [4.69, 9.17) is 15.3 Å². The van der Waals surface area contributed by atoms with Crippen LogP contribution in [0.1, 0.15) is 15.9 Å². The average molecular weight is 279 g/mol. The zero-order chi connectivity index (χ0) is 14.7. The molecule has 1 aromatic carbocycles. The lowest BCUT2D eigenvalue weighted by Crippen LogP contribution is -2.30. The van der Waals surface area contributed by atoms with Crippen molar-refractivity contribution in [3.8, 4) is 0 Å². The smallest absolute Gasteiger partial charge is 0.254 e. The van der Waals surface area contributed by atoms with Crippen molar-refractivity contribution >= 4 is 11.6 Å². The van der Waals surface area contributed by atoms with Crippen molar-refractivity contribution in [1.82, 2.24) is 4.90 Å². The highest BCUT2D eigenvalue weighted by molar-refractivity contribution is 5.96. The van der Waals surface area contributed by atoms with Crippen molar-refractivity contribution in [2.75, 3.05) is 32.7 Å². The standard InChI is InChI=1S/C14H21N3O3/c1-9-6-10(16-15)4-5-11(9)14(18)17-7-12(19-2)13(8-17)20-3/h4-6,12-13,16H,7-8,15H2,1-3H3. The number of hydrazine groups is 1. The van der Waals surface area contributed by atoms with Crippen molar-refractivity contribution in [1.29, 1.82) is 0 Å². The van der Waals surface area contributed by atoms with Gasteiger partial charge >= 0.3 is 0 Å². The summed E-state index contributed by atoms with van der Waals surface area (Å²) in [5, 5.41) is 0. The first kappa shape index (κ1) is 14.8. The Morgan fingerprint density at radius 3 is 2.35 bits per heavy atom. The summed E-state index contributed by atoms with van der Waals surface area (Å²) in [6.07, 6.45) is -0.150. The summed E-state index contributed by atoms with van der Waals surface area (Å²) in [6.45, 7) is 2.99. The highest BCUT2D eigenvalue weighted by atomic mass is 16.5. The van der Waals surface area contributed by atoms with Gasteiger partial charge < -0.3 is 19.8 Å². The van der Waals surface area contributed by atoms with Crippen LogP contribution in [0.15, 0.2) is 18.2 Å². The molecule has 20 heavy (non-hydrogen) atoms. The number of amides is 1. The fourth-order valence-electron chi connectivity index (χ4n) is 2.53. The largest absolute Gasteiger partial charge is 0.377 e. The molecule has 0 radical (unpaired) electrons. The molecular weight excluding hydrogens is 258 g/mol. The molecule has 110 valence electrons. The topological polar surface area (TPSA) is 76.8 Å². The molecule has 0 aliphatic carbocycles. The molecule has 2 atom stereocenters. The fourth-order valence-corrected chi connectivity index (χ4v) is 2.53. The molecule has 0 spiro atoms. The Balaban J connectivity index is 2.16. The minimum absolute atomic E-state index is 0.00679. The number of benzene rings is 1. The van der Waals surface area contributed by atoms with Gasteiger partial charge in [0.1, 0.15) is 12.2 Å². The summed E-state index contributed by atoms with van der Waals surface area (Å²) < 4.78 is 10.7. The van der Waals surface area contributed by atoms with Gasteiger partial charge in [-0.15, -0.1) is 0 Å². The molecule has 1 heterocycles. The maximum atomic E-state index is 12.6. The van der Waals surface area contributed by atoms with E-state index in [-0.39, 0.29) is 18.1 Å². The number of carbonyl (C=O) groups is 1. The number of carbonyl (C=O) groups excluding carboxylic acids is 1. The van der Waals surface area contributed by atoms with Gasteiger partial charge in [-0.1, -0.05) is 0 Å². The predicted octanol–water partition coefficient (Wildman–Crippen LogP) is 0.766. The third-order valence-electron chi connectivity index (χ3n) is 3.73. The maximum absolute atomic E-state index is 12.6. The second-order valence-electron chi connectivity index (χ2n) is 4.93. The summed E-state index contributed by atoms with van der Waals surface area (Å²) in [7, 11) is 3.27. The molecule has 1 saturated heterocycles. The minimum atomic E-state index is -0.0748. The van der Waals surface area contributed by atoms with Crippen molar-refractivity contribution < 1.29 is 14.3 Å². The molecule has 1 aliphatic rings. The molecule has 3 N–H and O–H groups in total. The van der Waals surface area contributed by atoms with Crippen LogP contribution in [0.25, 0.3) is 0 Å². The Hall–Kier alpha value is -1.63. The summed E-state index contributed by atoms with van der Waals surface area (Å²) in [5.41, 5.74) is 4.92. The van der Waals surface area contributed by atoms with Gasteiger partial charge in [0.05, 0.1) is 0 Å². The number of nitrogens with zero attached hydrogens (tertiary/aromatic N) is 1. The number of nitrogen functional groups attached to an aromatic ring is 1. The quantitative estimate of drug-likeness (QED) is 0.629. The molecule has 0 aromatic heterocycles. The van der Waals surface area contributed by atoms with Crippen LogP contribution in [-0.4, -0.2) is 50.3 Å². The number of likely N-dealkylation sites (tertiary alicyclic amines) is 1. The van der Waals surface area contributed by atoms with Crippen molar-refractivity contribution in [2.45, 2.75) is 19.1 Å². The Morgan fingerprint density at radius 2 is 1.90 bits per heavy atom. The highest BCUT2D eigenvalue weighted by Crippen LogP contribution is 2.21. The third-order valence-corrected chi connectivity index (χ3v) is 3.73. The number of hydrogen-bond donors (Lipinski definition) is 2. The lowest BCUT2D eigenvalue weighted by molar-refractivity contribution is -0.00461. The monoisotopic (exact) mass is 279 g/mol. The Bertz CT molecular complexity index is 481. The Kier molecular flexibility index (Phi) is 4.59. The molecular formula is C14H21N3O3.